The van der Waals surface area contributed by atoms with E-state index in [1.54, 1.807) is 4.90 Å². The van der Waals surface area contributed by atoms with E-state index in [4.69, 9.17) is 5.73 Å². The molecule has 4 aliphatic heterocycles. The van der Waals surface area contributed by atoms with Gasteiger partial charge in [0.25, 0.3) is 0 Å². The number of piperidine rings is 2. The molecule has 9 nitrogen and oxygen atoms in total. The maximum atomic E-state index is 13.2. The molecular weight excluding hydrogens is 446 g/mol. The smallest absolute Gasteiger partial charge is 0.247 e. The van der Waals surface area contributed by atoms with Crippen molar-refractivity contribution in [3.63, 3.8) is 0 Å². The molecule has 5 rings (SSSR count). The molecule has 4 saturated heterocycles. The van der Waals surface area contributed by atoms with Gasteiger partial charge in [0.15, 0.2) is 0 Å². The van der Waals surface area contributed by atoms with E-state index in [1.165, 1.54) is 11.3 Å². The van der Waals surface area contributed by atoms with Crippen molar-refractivity contribution < 1.29 is 19.2 Å². The number of primary amides is 1. The number of benzene rings is 1. The molecule has 4 amide bonds. The number of nitrogens with zero attached hydrogens (tertiary/aromatic N) is 4. The van der Waals surface area contributed by atoms with E-state index in [0.717, 1.165) is 50.1 Å². The van der Waals surface area contributed by atoms with Crippen LogP contribution in [0.15, 0.2) is 24.3 Å². The largest absolute Gasteiger partial charge is 0.368 e. The molecule has 4 fully saturated rings. The Hall–Kier alpha value is -2.78. The molecule has 0 bridgehead atoms. The first kappa shape index (κ1) is 23.9. The Morgan fingerprint density at radius 1 is 0.886 bits per heavy atom. The predicted octanol–water partition coefficient (Wildman–Crippen LogP) is 1.25. The SMILES string of the molecule is NC(=O)C1(N2CCCCC2)CCN([C@H]2CC(=O)N(Cc3ccc(N4CCCC4=O)cc3)C2=O)CC1. The fourth-order valence-corrected chi connectivity index (χ4v) is 6.25. The first-order valence-electron chi connectivity index (χ1n) is 12.9. The van der Waals surface area contributed by atoms with Crippen LogP contribution in [0.5, 0.6) is 0 Å². The molecule has 35 heavy (non-hydrogen) atoms. The maximum absolute atomic E-state index is 13.2. The second kappa shape index (κ2) is 9.70. The van der Waals surface area contributed by atoms with Gasteiger partial charge >= 0.3 is 0 Å². The van der Waals surface area contributed by atoms with Crippen LogP contribution < -0.4 is 10.6 Å². The van der Waals surface area contributed by atoms with Crippen LogP contribution in [-0.2, 0) is 25.7 Å². The summed E-state index contributed by atoms with van der Waals surface area (Å²) in [5.41, 5.74) is 6.97. The van der Waals surface area contributed by atoms with Gasteiger partial charge in [0, 0.05) is 31.7 Å². The lowest BCUT2D eigenvalue weighted by molar-refractivity contribution is -0.141. The van der Waals surface area contributed by atoms with Crippen LogP contribution in [0.4, 0.5) is 5.69 Å². The third kappa shape index (κ3) is 4.47. The topological polar surface area (TPSA) is 107 Å². The quantitative estimate of drug-likeness (QED) is 0.613. The van der Waals surface area contributed by atoms with Gasteiger partial charge in [0.2, 0.25) is 23.6 Å². The number of likely N-dealkylation sites (tertiary alicyclic amines) is 3. The molecule has 0 radical (unpaired) electrons. The normalized spacial score (nSPS) is 26.1. The van der Waals surface area contributed by atoms with Crippen LogP contribution in [0, 0.1) is 0 Å². The summed E-state index contributed by atoms with van der Waals surface area (Å²) < 4.78 is 0. The molecule has 1 atom stereocenters. The van der Waals surface area contributed by atoms with E-state index in [1.807, 2.05) is 24.3 Å². The minimum atomic E-state index is -0.638. The van der Waals surface area contributed by atoms with Gasteiger partial charge < -0.3 is 10.6 Å². The lowest BCUT2D eigenvalue weighted by Crippen LogP contribution is -2.64. The molecule has 1 aromatic carbocycles. The van der Waals surface area contributed by atoms with Gasteiger partial charge in [-0.1, -0.05) is 18.6 Å². The van der Waals surface area contributed by atoms with Crippen molar-refractivity contribution >= 4 is 29.3 Å². The van der Waals surface area contributed by atoms with Gasteiger partial charge in [0.1, 0.15) is 5.54 Å². The molecule has 0 unspecified atom stereocenters. The third-order valence-electron chi connectivity index (χ3n) is 8.37. The highest BCUT2D eigenvalue weighted by molar-refractivity contribution is 6.05. The summed E-state index contributed by atoms with van der Waals surface area (Å²) in [6.45, 7) is 3.90. The fourth-order valence-electron chi connectivity index (χ4n) is 6.25. The molecule has 2 N–H and O–H groups in total. The third-order valence-corrected chi connectivity index (χ3v) is 8.37. The van der Waals surface area contributed by atoms with E-state index in [2.05, 4.69) is 9.80 Å². The van der Waals surface area contributed by atoms with Gasteiger partial charge in [-0.2, -0.15) is 0 Å². The average Bonchev–Trinajstić information content (AvgIpc) is 3.43. The van der Waals surface area contributed by atoms with Gasteiger partial charge in [0.05, 0.1) is 19.0 Å². The number of anilines is 1. The van der Waals surface area contributed by atoms with E-state index >= 15 is 0 Å². The Morgan fingerprint density at radius 3 is 2.17 bits per heavy atom. The van der Waals surface area contributed by atoms with E-state index in [9.17, 15) is 19.2 Å². The number of imide groups is 1. The number of carbonyl (C=O) groups is 4. The summed E-state index contributed by atoms with van der Waals surface area (Å²) in [4.78, 5) is 58.0. The second-order valence-electron chi connectivity index (χ2n) is 10.3. The Morgan fingerprint density at radius 2 is 1.57 bits per heavy atom. The van der Waals surface area contributed by atoms with Gasteiger partial charge in [-0.05, 0) is 62.9 Å². The van der Waals surface area contributed by atoms with Crippen LogP contribution in [-0.4, -0.2) is 82.6 Å². The molecule has 0 aliphatic carbocycles. The maximum Gasteiger partial charge on any atom is 0.247 e. The van der Waals surface area contributed by atoms with Crippen molar-refractivity contribution in [2.75, 3.05) is 37.6 Å². The average molecular weight is 482 g/mol. The van der Waals surface area contributed by atoms with Gasteiger partial charge in [-0.3, -0.25) is 33.9 Å². The van der Waals surface area contributed by atoms with Crippen molar-refractivity contribution in [2.45, 2.75) is 69.5 Å². The zero-order chi connectivity index (χ0) is 24.6. The summed E-state index contributed by atoms with van der Waals surface area (Å²) in [5.74, 6) is -0.471. The number of amides is 4. The summed E-state index contributed by atoms with van der Waals surface area (Å²) >= 11 is 0. The molecule has 4 aliphatic rings. The molecule has 0 aromatic heterocycles. The van der Waals surface area contributed by atoms with Crippen molar-refractivity contribution in [2.24, 2.45) is 5.73 Å². The molecule has 0 spiro atoms. The summed E-state index contributed by atoms with van der Waals surface area (Å²) in [5, 5.41) is 0. The molecule has 4 heterocycles. The Balaban J connectivity index is 1.21. The number of nitrogens with two attached hydrogens (primary N) is 1. The summed E-state index contributed by atoms with van der Waals surface area (Å²) in [6, 6.07) is 7.06. The van der Waals surface area contributed by atoms with Crippen LogP contribution in [0.25, 0.3) is 0 Å². The van der Waals surface area contributed by atoms with Crippen LogP contribution in [0.2, 0.25) is 0 Å². The first-order chi connectivity index (χ1) is 16.9. The highest BCUT2D eigenvalue weighted by Gasteiger charge is 2.49. The summed E-state index contributed by atoms with van der Waals surface area (Å²) in [6.07, 6.45) is 6.16. The number of hydrogen-bond acceptors (Lipinski definition) is 6. The molecular formula is C26H35N5O4. The van der Waals surface area contributed by atoms with Crippen LogP contribution in [0.3, 0.4) is 0 Å². The highest BCUT2D eigenvalue weighted by atomic mass is 16.2. The number of hydrogen-bond donors (Lipinski definition) is 1. The van der Waals surface area contributed by atoms with Crippen LogP contribution >= 0.6 is 0 Å². The van der Waals surface area contributed by atoms with E-state index in [-0.39, 0.29) is 36.6 Å². The second-order valence-corrected chi connectivity index (χ2v) is 10.3. The van der Waals surface area contributed by atoms with Crippen molar-refractivity contribution in [3.05, 3.63) is 29.8 Å². The lowest BCUT2D eigenvalue weighted by Gasteiger charge is -2.48. The van der Waals surface area contributed by atoms with E-state index in [0.29, 0.717) is 32.4 Å². The van der Waals surface area contributed by atoms with Crippen LogP contribution in [0.1, 0.15) is 56.9 Å². The first-order valence-corrected chi connectivity index (χ1v) is 12.9. The minimum absolute atomic E-state index is 0.132. The summed E-state index contributed by atoms with van der Waals surface area (Å²) in [7, 11) is 0. The van der Waals surface area contributed by atoms with Gasteiger partial charge in [-0.15, -0.1) is 0 Å². The van der Waals surface area contributed by atoms with Gasteiger partial charge in [-0.25, -0.2) is 0 Å². The minimum Gasteiger partial charge on any atom is -0.368 e. The highest BCUT2D eigenvalue weighted by Crippen LogP contribution is 2.34. The zero-order valence-corrected chi connectivity index (χ0v) is 20.3. The lowest BCUT2D eigenvalue weighted by atomic mass is 9.83. The standard InChI is InChI=1S/C26H35N5O4/c27-25(35)26(29-12-2-1-3-13-29)10-15-28(16-11-26)21-17-23(33)31(24(21)34)18-19-6-8-20(9-7-19)30-14-4-5-22(30)32/h6-9,21H,1-5,10-18H2,(H2,27,35)/t21-/m0/s1. The Labute approximate surface area is 206 Å². The monoisotopic (exact) mass is 481 g/mol. The number of carbonyl (C=O) groups excluding carboxylic acids is 4. The predicted molar refractivity (Wildman–Crippen MR) is 130 cm³/mol. The molecule has 9 heteroatoms. The molecule has 0 saturated carbocycles. The fraction of sp³-hybridized carbons (Fsp3) is 0.615. The number of rotatable bonds is 6. The zero-order valence-electron chi connectivity index (χ0n) is 20.3. The van der Waals surface area contributed by atoms with Crippen molar-refractivity contribution in [3.8, 4) is 0 Å². The Kier molecular flexibility index (Phi) is 6.63. The molecule has 188 valence electrons. The molecule has 1 aromatic rings. The van der Waals surface area contributed by atoms with E-state index < -0.39 is 11.6 Å². The van der Waals surface area contributed by atoms with Crippen molar-refractivity contribution in [1.29, 1.82) is 0 Å². The Bertz CT molecular complexity index is 995. The van der Waals surface area contributed by atoms with Crippen molar-refractivity contribution in [1.82, 2.24) is 14.7 Å².